The summed E-state index contributed by atoms with van der Waals surface area (Å²) in [4.78, 5) is 25.8. The number of carbonyl (C=O) groups is 1. The third-order valence-corrected chi connectivity index (χ3v) is 4.80. The van der Waals surface area contributed by atoms with E-state index in [1.165, 1.54) is 21.3 Å². The van der Waals surface area contributed by atoms with Crippen molar-refractivity contribution < 1.29 is 19.0 Å². The van der Waals surface area contributed by atoms with Gasteiger partial charge in [-0.25, -0.2) is 4.98 Å². The van der Waals surface area contributed by atoms with Crippen LogP contribution in [0.4, 0.5) is 0 Å². The second-order valence-corrected chi connectivity index (χ2v) is 6.66. The van der Waals surface area contributed by atoms with Gasteiger partial charge in [-0.2, -0.15) is 0 Å². The number of ketones is 1. The molecule has 7 nitrogen and oxygen atoms in total. The Morgan fingerprint density at radius 3 is 2.26 bits per heavy atom. The number of imidazole rings is 1. The molecular weight excluding hydrogens is 394 g/mol. The lowest BCUT2D eigenvalue weighted by Gasteiger charge is -2.14. The van der Waals surface area contributed by atoms with E-state index in [1.54, 1.807) is 24.4 Å². The van der Waals surface area contributed by atoms with Crippen molar-refractivity contribution >= 4 is 28.5 Å². The summed E-state index contributed by atoms with van der Waals surface area (Å²) in [7, 11) is 4.54. The van der Waals surface area contributed by atoms with Gasteiger partial charge in [-0.05, 0) is 42.5 Å². The van der Waals surface area contributed by atoms with E-state index in [-0.39, 0.29) is 5.78 Å². The number of H-pyrrole nitrogens is 1. The molecule has 0 saturated heterocycles. The van der Waals surface area contributed by atoms with Crippen molar-refractivity contribution in [1.82, 2.24) is 15.0 Å². The minimum Gasteiger partial charge on any atom is -0.493 e. The Labute approximate surface area is 179 Å². The Kier molecular flexibility index (Phi) is 5.66. The molecular formula is C24H21N3O4. The number of methoxy groups -OCH3 is 3. The van der Waals surface area contributed by atoms with Crippen LogP contribution in [0.2, 0.25) is 0 Å². The van der Waals surface area contributed by atoms with Gasteiger partial charge in [0, 0.05) is 11.8 Å². The first-order valence-corrected chi connectivity index (χ1v) is 9.57. The van der Waals surface area contributed by atoms with Gasteiger partial charge < -0.3 is 19.2 Å². The standard InChI is InChI=1S/C24H21N3O4/c1-29-20-12-15(13-21(30-2)23(20)31-3)22(28)17(14-16-8-6-7-11-25-16)24-26-18-9-4-5-10-19(18)27-24/h4-14H,1-3H3,(H,26,27)/b17-14-. The van der Waals surface area contributed by atoms with E-state index in [9.17, 15) is 4.79 Å². The van der Waals surface area contributed by atoms with Crippen molar-refractivity contribution in [1.29, 1.82) is 0 Å². The first-order valence-electron chi connectivity index (χ1n) is 9.57. The van der Waals surface area contributed by atoms with Crippen molar-refractivity contribution in [2.75, 3.05) is 21.3 Å². The van der Waals surface area contributed by atoms with E-state index in [0.29, 0.717) is 39.9 Å². The monoisotopic (exact) mass is 415 g/mol. The number of ether oxygens (including phenoxy) is 3. The molecule has 2 heterocycles. The lowest BCUT2D eigenvalue weighted by Crippen LogP contribution is -2.06. The number of fused-ring (bicyclic) bond motifs is 1. The molecule has 0 aliphatic rings. The lowest BCUT2D eigenvalue weighted by atomic mass is 10.0. The SMILES string of the molecule is COc1cc(C(=O)/C(=C/c2ccccn2)c2nc3ccccc3[nH]2)cc(OC)c1OC. The van der Waals surface area contributed by atoms with Crippen LogP contribution in [0, 0.1) is 0 Å². The van der Waals surface area contributed by atoms with Crippen LogP contribution in [-0.4, -0.2) is 42.1 Å². The summed E-state index contributed by atoms with van der Waals surface area (Å²) in [6.45, 7) is 0. The van der Waals surface area contributed by atoms with Crippen molar-refractivity contribution in [3.05, 3.63) is 77.9 Å². The molecule has 2 aromatic heterocycles. The zero-order chi connectivity index (χ0) is 21.8. The second kappa shape index (κ2) is 8.71. The zero-order valence-electron chi connectivity index (χ0n) is 17.4. The predicted molar refractivity (Wildman–Crippen MR) is 119 cm³/mol. The molecule has 1 N–H and O–H groups in total. The molecule has 0 unspecified atom stereocenters. The lowest BCUT2D eigenvalue weighted by molar-refractivity contribution is 0.105. The molecule has 0 amide bonds. The number of hydrogen-bond donors (Lipinski definition) is 1. The highest BCUT2D eigenvalue weighted by Gasteiger charge is 2.22. The quantitative estimate of drug-likeness (QED) is 0.355. The van der Waals surface area contributed by atoms with E-state index < -0.39 is 0 Å². The Bertz CT molecular complexity index is 1200. The molecule has 0 aliphatic heterocycles. The number of carbonyl (C=O) groups excluding carboxylic acids is 1. The van der Waals surface area contributed by atoms with Gasteiger partial charge in [0.1, 0.15) is 5.82 Å². The average Bonchev–Trinajstić information content (AvgIpc) is 3.25. The molecule has 0 bridgehead atoms. The summed E-state index contributed by atoms with van der Waals surface area (Å²) >= 11 is 0. The van der Waals surface area contributed by atoms with Gasteiger partial charge in [-0.15, -0.1) is 0 Å². The van der Waals surface area contributed by atoms with E-state index in [1.807, 2.05) is 42.5 Å². The summed E-state index contributed by atoms with van der Waals surface area (Å²) in [6, 6.07) is 16.4. The fourth-order valence-corrected chi connectivity index (χ4v) is 3.30. The number of para-hydroxylation sites is 2. The van der Waals surface area contributed by atoms with Crippen molar-refractivity contribution in [2.24, 2.45) is 0 Å². The number of pyridine rings is 1. The summed E-state index contributed by atoms with van der Waals surface area (Å²) in [5.41, 5.74) is 2.98. The van der Waals surface area contributed by atoms with Crippen molar-refractivity contribution in [3.8, 4) is 17.2 Å². The Balaban J connectivity index is 1.88. The van der Waals surface area contributed by atoms with Crippen molar-refractivity contribution in [2.45, 2.75) is 0 Å². The Morgan fingerprint density at radius 2 is 1.65 bits per heavy atom. The number of rotatable bonds is 7. The van der Waals surface area contributed by atoms with Gasteiger partial charge in [0.25, 0.3) is 0 Å². The first-order chi connectivity index (χ1) is 15.1. The molecule has 0 fully saturated rings. The maximum absolute atomic E-state index is 13.7. The van der Waals surface area contributed by atoms with Gasteiger partial charge in [0.15, 0.2) is 17.3 Å². The number of benzene rings is 2. The molecule has 7 heteroatoms. The van der Waals surface area contributed by atoms with Crippen LogP contribution in [0.25, 0.3) is 22.7 Å². The summed E-state index contributed by atoms with van der Waals surface area (Å²) < 4.78 is 16.2. The number of nitrogens with one attached hydrogen (secondary N) is 1. The Morgan fingerprint density at radius 1 is 0.935 bits per heavy atom. The number of aromatic nitrogens is 3. The number of aromatic amines is 1. The largest absolute Gasteiger partial charge is 0.493 e. The molecule has 0 aliphatic carbocycles. The van der Waals surface area contributed by atoms with Crippen LogP contribution in [0.3, 0.4) is 0 Å². The number of Topliss-reactive ketones (excluding diaryl/α,β-unsaturated/α-hetero) is 1. The maximum atomic E-state index is 13.7. The van der Waals surface area contributed by atoms with Crippen LogP contribution < -0.4 is 14.2 Å². The van der Waals surface area contributed by atoms with Crippen LogP contribution in [0.1, 0.15) is 21.9 Å². The van der Waals surface area contributed by atoms with E-state index >= 15 is 0 Å². The zero-order valence-corrected chi connectivity index (χ0v) is 17.4. The van der Waals surface area contributed by atoms with Gasteiger partial charge >= 0.3 is 0 Å². The van der Waals surface area contributed by atoms with Crippen molar-refractivity contribution in [3.63, 3.8) is 0 Å². The molecule has 4 aromatic rings. The molecule has 0 radical (unpaired) electrons. The van der Waals surface area contributed by atoms with E-state index in [2.05, 4.69) is 15.0 Å². The summed E-state index contributed by atoms with van der Waals surface area (Å²) in [5, 5.41) is 0. The fourth-order valence-electron chi connectivity index (χ4n) is 3.30. The van der Waals surface area contributed by atoms with Gasteiger partial charge in [0.05, 0.1) is 43.6 Å². The van der Waals surface area contributed by atoms with E-state index in [4.69, 9.17) is 14.2 Å². The Hall–Kier alpha value is -4.13. The summed E-state index contributed by atoms with van der Waals surface area (Å²) in [6.07, 6.45) is 3.38. The number of hydrogen-bond acceptors (Lipinski definition) is 6. The third kappa shape index (κ3) is 3.98. The minimum absolute atomic E-state index is 0.260. The number of allylic oxidation sites excluding steroid dienone is 1. The van der Waals surface area contributed by atoms with E-state index in [0.717, 1.165) is 11.0 Å². The number of nitrogens with zero attached hydrogens (tertiary/aromatic N) is 2. The molecule has 0 saturated carbocycles. The fraction of sp³-hybridized carbons (Fsp3) is 0.125. The van der Waals surface area contributed by atoms with Gasteiger partial charge in [0.2, 0.25) is 5.75 Å². The van der Waals surface area contributed by atoms with Gasteiger partial charge in [-0.1, -0.05) is 18.2 Å². The third-order valence-electron chi connectivity index (χ3n) is 4.80. The molecule has 31 heavy (non-hydrogen) atoms. The maximum Gasteiger partial charge on any atom is 0.203 e. The molecule has 0 atom stereocenters. The highest BCUT2D eigenvalue weighted by atomic mass is 16.5. The topological polar surface area (TPSA) is 86.3 Å². The average molecular weight is 415 g/mol. The van der Waals surface area contributed by atoms with Crippen LogP contribution in [0.15, 0.2) is 60.8 Å². The molecule has 4 rings (SSSR count). The molecule has 0 spiro atoms. The molecule has 156 valence electrons. The van der Waals surface area contributed by atoms with Crippen LogP contribution >= 0.6 is 0 Å². The first kappa shape index (κ1) is 20.2. The second-order valence-electron chi connectivity index (χ2n) is 6.66. The highest BCUT2D eigenvalue weighted by molar-refractivity contribution is 6.32. The minimum atomic E-state index is -0.260. The molecule has 2 aromatic carbocycles. The van der Waals surface area contributed by atoms with Gasteiger partial charge in [-0.3, -0.25) is 9.78 Å². The smallest absolute Gasteiger partial charge is 0.203 e. The highest BCUT2D eigenvalue weighted by Crippen LogP contribution is 2.39. The predicted octanol–water partition coefficient (Wildman–Crippen LogP) is 4.41. The summed E-state index contributed by atoms with van der Waals surface area (Å²) in [5.74, 6) is 1.40. The normalized spacial score (nSPS) is 11.4. The van der Waals surface area contributed by atoms with Crippen LogP contribution in [-0.2, 0) is 0 Å². The van der Waals surface area contributed by atoms with Crippen LogP contribution in [0.5, 0.6) is 17.2 Å².